The maximum absolute atomic E-state index is 13.2. The number of ether oxygens (including phenoxy) is 2. The van der Waals surface area contributed by atoms with Crippen molar-refractivity contribution in [2.24, 2.45) is 0 Å². The summed E-state index contributed by atoms with van der Waals surface area (Å²) in [6, 6.07) is 22.2. The number of benzene rings is 3. The van der Waals surface area contributed by atoms with E-state index in [1.54, 1.807) is 37.0 Å². The van der Waals surface area contributed by atoms with Gasteiger partial charge in [-0.05, 0) is 55.0 Å². The number of aryl methyl sites for hydroxylation is 1. The molecule has 8 nitrogen and oxygen atoms in total. The number of aromatic nitrogens is 2. The van der Waals surface area contributed by atoms with Gasteiger partial charge in [0.15, 0.2) is 0 Å². The van der Waals surface area contributed by atoms with Crippen LogP contribution >= 0.6 is 0 Å². The third-order valence-corrected chi connectivity index (χ3v) is 6.02. The van der Waals surface area contributed by atoms with Crippen molar-refractivity contribution in [1.82, 2.24) is 14.5 Å². The van der Waals surface area contributed by atoms with Crippen LogP contribution in [0, 0.1) is 6.92 Å². The number of rotatable bonds is 10. The molecule has 1 N–H and O–H groups in total. The largest absolute Gasteiger partial charge is 0.497 e. The van der Waals surface area contributed by atoms with Crippen LogP contribution in [-0.2, 0) is 4.79 Å². The van der Waals surface area contributed by atoms with Gasteiger partial charge in [-0.1, -0.05) is 36.4 Å². The van der Waals surface area contributed by atoms with Crippen LogP contribution < -0.4 is 14.8 Å². The summed E-state index contributed by atoms with van der Waals surface area (Å²) >= 11 is 0. The predicted molar refractivity (Wildman–Crippen MR) is 148 cm³/mol. The molecular formula is C30H30N4O4. The van der Waals surface area contributed by atoms with Crippen LogP contribution in [-0.4, -0.2) is 53.6 Å². The molecule has 0 aliphatic heterocycles. The van der Waals surface area contributed by atoms with Crippen molar-refractivity contribution in [2.45, 2.75) is 6.92 Å². The van der Waals surface area contributed by atoms with Crippen LogP contribution in [0.25, 0.3) is 16.9 Å². The van der Waals surface area contributed by atoms with Crippen molar-refractivity contribution >= 4 is 17.8 Å². The van der Waals surface area contributed by atoms with Gasteiger partial charge in [0.05, 0.1) is 19.9 Å². The average molecular weight is 511 g/mol. The van der Waals surface area contributed by atoms with Crippen LogP contribution in [0.2, 0.25) is 0 Å². The van der Waals surface area contributed by atoms with Crippen LogP contribution in [0.15, 0.2) is 91.6 Å². The molecule has 0 bridgehead atoms. The number of methoxy groups -OCH3 is 2. The minimum absolute atomic E-state index is 0.164. The van der Waals surface area contributed by atoms with E-state index in [1.165, 1.54) is 4.90 Å². The Labute approximate surface area is 222 Å². The van der Waals surface area contributed by atoms with Gasteiger partial charge in [-0.25, -0.2) is 4.98 Å². The number of nitrogens with one attached hydrogen (secondary N) is 1. The van der Waals surface area contributed by atoms with Crippen molar-refractivity contribution in [3.63, 3.8) is 0 Å². The Morgan fingerprint density at radius 3 is 2.42 bits per heavy atom. The summed E-state index contributed by atoms with van der Waals surface area (Å²) in [5.74, 6) is 1.10. The zero-order valence-electron chi connectivity index (χ0n) is 21.7. The third-order valence-electron chi connectivity index (χ3n) is 6.02. The predicted octanol–water partition coefficient (Wildman–Crippen LogP) is 5.13. The van der Waals surface area contributed by atoms with Crippen molar-refractivity contribution in [2.75, 3.05) is 32.6 Å². The fourth-order valence-electron chi connectivity index (χ4n) is 4.03. The van der Waals surface area contributed by atoms with Gasteiger partial charge >= 0.3 is 0 Å². The zero-order chi connectivity index (χ0) is 27.1. The first-order valence-electron chi connectivity index (χ1n) is 12.1. The molecule has 4 rings (SSSR count). The second-order valence-electron chi connectivity index (χ2n) is 8.59. The molecule has 0 unspecified atom stereocenters. The summed E-state index contributed by atoms with van der Waals surface area (Å²) in [5.41, 5.74) is 3.64. The molecule has 8 heteroatoms. The van der Waals surface area contributed by atoms with Crippen molar-refractivity contribution in [1.29, 1.82) is 0 Å². The number of nitrogens with zero attached hydrogens (tertiary/aromatic N) is 3. The molecule has 0 radical (unpaired) electrons. The van der Waals surface area contributed by atoms with Crippen molar-refractivity contribution in [3.8, 4) is 28.4 Å². The lowest BCUT2D eigenvalue weighted by atomic mass is 10.1. The minimum Gasteiger partial charge on any atom is -0.497 e. The van der Waals surface area contributed by atoms with Crippen molar-refractivity contribution in [3.05, 3.63) is 103 Å². The van der Waals surface area contributed by atoms with Crippen LogP contribution in [0.3, 0.4) is 0 Å². The molecule has 1 heterocycles. The first-order chi connectivity index (χ1) is 18.4. The number of hydrogen-bond donors (Lipinski definition) is 1. The monoisotopic (exact) mass is 510 g/mol. The molecule has 4 aromatic rings. The first-order valence-corrected chi connectivity index (χ1v) is 12.1. The molecular weight excluding hydrogens is 480 g/mol. The van der Waals surface area contributed by atoms with Gasteiger partial charge in [0.1, 0.15) is 18.0 Å². The van der Waals surface area contributed by atoms with Gasteiger partial charge in [-0.15, -0.1) is 6.58 Å². The highest BCUT2D eigenvalue weighted by molar-refractivity contribution is 6.00. The van der Waals surface area contributed by atoms with Crippen LogP contribution in [0.1, 0.15) is 15.9 Å². The van der Waals surface area contributed by atoms with Gasteiger partial charge in [0.25, 0.3) is 5.91 Å². The SMILES string of the molecule is C=CCN(CC(=O)Nc1nc(-c2cccc(OC)c2)cn1-c1ccc(OC)cc1)C(=O)c1ccccc1C. The molecule has 3 aromatic carbocycles. The summed E-state index contributed by atoms with van der Waals surface area (Å²) in [6.07, 6.45) is 3.44. The number of anilines is 1. The topological polar surface area (TPSA) is 85.7 Å². The van der Waals surface area contributed by atoms with E-state index in [1.807, 2.05) is 73.8 Å². The Morgan fingerprint density at radius 2 is 1.74 bits per heavy atom. The lowest BCUT2D eigenvalue weighted by Gasteiger charge is -2.21. The maximum Gasteiger partial charge on any atom is 0.254 e. The van der Waals surface area contributed by atoms with E-state index in [-0.39, 0.29) is 24.9 Å². The van der Waals surface area contributed by atoms with Gasteiger partial charge < -0.3 is 14.4 Å². The quantitative estimate of drug-likeness (QED) is 0.299. The third kappa shape index (κ3) is 5.92. The van der Waals surface area contributed by atoms with Crippen LogP contribution in [0.4, 0.5) is 5.95 Å². The normalized spacial score (nSPS) is 10.5. The molecule has 0 aliphatic carbocycles. The van der Waals surface area contributed by atoms with E-state index in [4.69, 9.17) is 14.5 Å². The molecule has 0 spiro atoms. The smallest absolute Gasteiger partial charge is 0.254 e. The van der Waals surface area contributed by atoms with Gasteiger partial charge in [0.2, 0.25) is 11.9 Å². The Bertz CT molecular complexity index is 1440. The summed E-state index contributed by atoms with van der Waals surface area (Å²) < 4.78 is 12.4. The highest BCUT2D eigenvalue weighted by Gasteiger charge is 2.21. The number of amides is 2. The Kier molecular flexibility index (Phi) is 8.23. The number of imidazole rings is 1. The fourth-order valence-corrected chi connectivity index (χ4v) is 4.03. The molecule has 0 saturated heterocycles. The molecule has 0 atom stereocenters. The summed E-state index contributed by atoms with van der Waals surface area (Å²) in [6.45, 7) is 5.67. The van der Waals surface area contributed by atoms with Gasteiger partial charge in [0, 0.05) is 29.6 Å². The Balaban J connectivity index is 1.64. The van der Waals surface area contributed by atoms with E-state index in [0.29, 0.717) is 28.7 Å². The van der Waals surface area contributed by atoms with Gasteiger partial charge in [-0.3, -0.25) is 19.5 Å². The van der Waals surface area contributed by atoms with Crippen molar-refractivity contribution < 1.29 is 19.1 Å². The van der Waals surface area contributed by atoms with E-state index >= 15 is 0 Å². The highest BCUT2D eigenvalue weighted by atomic mass is 16.5. The lowest BCUT2D eigenvalue weighted by Crippen LogP contribution is -2.38. The highest BCUT2D eigenvalue weighted by Crippen LogP contribution is 2.27. The Morgan fingerprint density at radius 1 is 1.00 bits per heavy atom. The second kappa shape index (κ2) is 11.9. The average Bonchev–Trinajstić information content (AvgIpc) is 3.36. The summed E-state index contributed by atoms with van der Waals surface area (Å²) in [7, 11) is 3.21. The standard InChI is InChI=1S/C30H30N4O4/c1-5-17-33(29(36)26-12-7-6-9-21(26)2)20-28(35)32-30-31-27(22-10-8-11-25(18-22)38-4)19-34(30)23-13-15-24(37-3)16-14-23/h5-16,18-19H,1,17,20H2,2-4H3,(H,31,32,35). The van der Waals surface area contributed by atoms with E-state index in [0.717, 1.165) is 16.8 Å². The van der Waals surface area contributed by atoms with E-state index in [9.17, 15) is 9.59 Å². The lowest BCUT2D eigenvalue weighted by molar-refractivity contribution is -0.116. The maximum atomic E-state index is 13.2. The molecule has 0 aliphatic rings. The molecule has 1 aromatic heterocycles. The number of hydrogen-bond acceptors (Lipinski definition) is 5. The van der Waals surface area contributed by atoms with Crippen LogP contribution in [0.5, 0.6) is 11.5 Å². The second-order valence-corrected chi connectivity index (χ2v) is 8.59. The van der Waals surface area contributed by atoms with E-state index < -0.39 is 0 Å². The zero-order valence-corrected chi connectivity index (χ0v) is 21.7. The molecule has 0 fully saturated rings. The molecule has 38 heavy (non-hydrogen) atoms. The molecule has 194 valence electrons. The molecule has 2 amide bonds. The van der Waals surface area contributed by atoms with E-state index in [2.05, 4.69) is 11.9 Å². The summed E-state index contributed by atoms with van der Waals surface area (Å²) in [4.78, 5) is 32.6. The molecule has 0 saturated carbocycles. The minimum atomic E-state index is -0.383. The Hall–Kier alpha value is -4.85. The number of carbonyl (C=O) groups is 2. The fraction of sp³-hybridized carbons (Fsp3) is 0.167. The van der Waals surface area contributed by atoms with Gasteiger partial charge in [-0.2, -0.15) is 0 Å². The first kappa shape index (κ1) is 26.2. The number of carbonyl (C=O) groups excluding carboxylic acids is 2. The summed E-state index contributed by atoms with van der Waals surface area (Å²) in [5, 5.41) is 2.89.